The SMILES string of the molecule is Cc1nc(NCCNC(=O)c2ccc(I)cc2)cc(N(C)C)n1. The van der Waals surface area contributed by atoms with Gasteiger partial charge in [-0.05, 0) is 53.8 Å². The lowest BCUT2D eigenvalue weighted by molar-refractivity contribution is 0.0955. The third-order valence-electron chi connectivity index (χ3n) is 3.11. The van der Waals surface area contributed by atoms with E-state index in [1.54, 1.807) is 0 Å². The maximum atomic E-state index is 12.0. The first kappa shape index (κ1) is 17.5. The third-order valence-corrected chi connectivity index (χ3v) is 3.82. The van der Waals surface area contributed by atoms with E-state index in [1.165, 1.54) is 0 Å². The topological polar surface area (TPSA) is 70.2 Å². The predicted molar refractivity (Wildman–Crippen MR) is 101 cm³/mol. The van der Waals surface area contributed by atoms with Crippen LogP contribution < -0.4 is 15.5 Å². The van der Waals surface area contributed by atoms with Crippen LogP contribution in [0, 0.1) is 10.5 Å². The maximum Gasteiger partial charge on any atom is 0.251 e. The zero-order chi connectivity index (χ0) is 16.8. The second-order valence-corrected chi connectivity index (χ2v) is 6.49. The Labute approximate surface area is 149 Å². The molecular formula is C16H20IN5O. The summed E-state index contributed by atoms with van der Waals surface area (Å²) in [4.78, 5) is 22.6. The lowest BCUT2D eigenvalue weighted by Crippen LogP contribution is -2.29. The number of benzene rings is 1. The van der Waals surface area contributed by atoms with Gasteiger partial charge in [0.2, 0.25) is 0 Å². The Bertz CT molecular complexity index is 673. The van der Waals surface area contributed by atoms with Crippen LogP contribution in [0.5, 0.6) is 0 Å². The minimum atomic E-state index is -0.0731. The van der Waals surface area contributed by atoms with Crippen LogP contribution in [0.25, 0.3) is 0 Å². The van der Waals surface area contributed by atoms with E-state index in [1.807, 2.05) is 56.3 Å². The van der Waals surface area contributed by atoms with Gasteiger partial charge >= 0.3 is 0 Å². The largest absolute Gasteiger partial charge is 0.368 e. The summed E-state index contributed by atoms with van der Waals surface area (Å²) in [6.07, 6.45) is 0. The van der Waals surface area contributed by atoms with Gasteiger partial charge in [-0.15, -0.1) is 0 Å². The van der Waals surface area contributed by atoms with E-state index in [9.17, 15) is 4.79 Å². The monoisotopic (exact) mass is 425 g/mol. The average Bonchev–Trinajstić information content (AvgIpc) is 2.51. The Morgan fingerprint density at radius 1 is 1.17 bits per heavy atom. The average molecular weight is 425 g/mol. The van der Waals surface area contributed by atoms with Gasteiger partial charge in [0.05, 0.1) is 0 Å². The maximum absolute atomic E-state index is 12.0. The zero-order valence-electron chi connectivity index (χ0n) is 13.4. The summed E-state index contributed by atoms with van der Waals surface area (Å²) >= 11 is 2.21. The fraction of sp³-hybridized carbons (Fsp3) is 0.312. The van der Waals surface area contributed by atoms with Crippen LogP contribution in [-0.4, -0.2) is 43.1 Å². The zero-order valence-corrected chi connectivity index (χ0v) is 15.6. The van der Waals surface area contributed by atoms with Gasteiger partial charge in [-0.25, -0.2) is 9.97 Å². The summed E-state index contributed by atoms with van der Waals surface area (Å²) < 4.78 is 1.11. The molecule has 1 aromatic carbocycles. The first-order valence-electron chi connectivity index (χ1n) is 7.26. The number of carbonyl (C=O) groups is 1. The molecule has 6 nitrogen and oxygen atoms in total. The Hall–Kier alpha value is -1.90. The lowest BCUT2D eigenvalue weighted by atomic mass is 10.2. The highest BCUT2D eigenvalue weighted by atomic mass is 127. The van der Waals surface area contributed by atoms with Crippen LogP contribution in [0.3, 0.4) is 0 Å². The van der Waals surface area contributed by atoms with E-state index in [4.69, 9.17) is 0 Å². The molecule has 0 saturated carbocycles. The number of hydrogen-bond acceptors (Lipinski definition) is 5. The van der Waals surface area contributed by atoms with Crippen molar-refractivity contribution in [2.45, 2.75) is 6.92 Å². The van der Waals surface area contributed by atoms with Gasteiger partial charge in [-0.2, -0.15) is 0 Å². The molecule has 2 N–H and O–H groups in total. The molecule has 0 bridgehead atoms. The number of aromatic nitrogens is 2. The molecule has 2 rings (SSSR count). The number of anilines is 2. The van der Waals surface area contributed by atoms with E-state index in [2.05, 4.69) is 43.2 Å². The number of hydrogen-bond donors (Lipinski definition) is 2. The van der Waals surface area contributed by atoms with Crippen LogP contribution in [0.15, 0.2) is 30.3 Å². The van der Waals surface area contributed by atoms with Crippen molar-refractivity contribution in [2.24, 2.45) is 0 Å². The van der Waals surface area contributed by atoms with Gasteiger partial charge < -0.3 is 15.5 Å². The van der Waals surface area contributed by atoms with Gasteiger partial charge in [0.15, 0.2) is 0 Å². The molecule has 0 unspecified atom stereocenters. The van der Waals surface area contributed by atoms with E-state index in [0.29, 0.717) is 24.5 Å². The Balaban J connectivity index is 1.83. The number of rotatable bonds is 6. The van der Waals surface area contributed by atoms with Crippen molar-refractivity contribution < 1.29 is 4.79 Å². The minimum absolute atomic E-state index is 0.0731. The smallest absolute Gasteiger partial charge is 0.251 e. The van der Waals surface area contributed by atoms with Crippen LogP contribution in [0.2, 0.25) is 0 Å². The molecule has 0 saturated heterocycles. The fourth-order valence-electron chi connectivity index (χ4n) is 1.94. The van der Waals surface area contributed by atoms with Crippen molar-refractivity contribution in [1.29, 1.82) is 0 Å². The van der Waals surface area contributed by atoms with Crippen molar-refractivity contribution in [3.05, 3.63) is 45.3 Å². The van der Waals surface area contributed by atoms with Gasteiger partial charge in [0.1, 0.15) is 17.5 Å². The summed E-state index contributed by atoms with van der Waals surface area (Å²) in [6.45, 7) is 2.97. The molecule has 0 atom stereocenters. The molecule has 23 heavy (non-hydrogen) atoms. The number of amides is 1. The second kappa shape index (κ2) is 8.09. The molecule has 0 aliphatic rings. The molecule has 1 aromatic heterocycles. The normalized spacial score (nSPS) is 10.3. The van der Waals surface area contributed by atoms with Gasteiger partial charge in [-0.3, -0.25) is 4.79 Å². The van der Waals surface area contributed by atoms with E-state index < -0.39 is 0 Å². The summed E-state index contributed by atoms with van der Waals surface area (Å²) in [6, 6.07) is 9.36. The van der Waals surface area contributed by atoms with Crippen LogP contribution >= 0.6 is 22.6 Å². The molecule has 0 radical (unpaired) electrons. The van der Waals surface area contributed by atoms with Crippen LogP contribution in [-0.2, 0) is 0 Å². The molecule has 122 valence electrons. The molecule has 1 heterocycles. The summed E-state index contributed by atoms with van der Waals surface area (Å²) in [5, 5.41) is 6.09. The second-order valence-electron chi connectivity index (χ2n) is 5.24. The standard InChI is InChI=1S/C16H20IN5O/c1-11-20-14(10-15(21-11)22(2)3)18-8-9-19-16(23)12-4-6-13(17)7-5-12/h4-7,10H,8-9H2,1-3H3,(H,19,23)(H,18,20,21). The van der Waals surface area contributed by atoms with E-state index in [0.717, 1.165) is 15.2 Å². The highest BCUT2D eigenvalue weighted by Crippen LogP contribution is 2.13. The molecule has 0 spiro atoms. The molecule has 0 aliphatic carbocycles. The van der Waals surface area contributed by atoms with Crippen molar-refractivity contribution in [3.8, 4) is 0 Å². The minimum Gasteiger partial charge on any atom is -0.368 e. The van der Waals surface area contributed by atoms with Gasteiger partial charge in [-0.1, -0.05) is 0 Å². The van der Waals surface area contributed by atoms with Gasteiger partial charge in [0, 0.05) is 42.4 Å². The molecule has 0 aliphatic heterocycles. The van der Waals surface area contributed by atoms with Crippen molar-refractivity contribution >= 4 is 40.1 Å². The summed E-state index contributed by atoms with van der Waals surface area (Å²) in [5.74, 6) is 2.24. The lowest BCUT2D eigenvalue weighted by Gasteiger charge is -2.14. The summed E-state index contributed by atoms with van der Waals surface area (Å²) in [7, 11) is 3.87. The molecular weight excluding hydrogens is 405 g/mol. The molecule has 7 heteroatoms. The van der Waals surface area contributed by atoms with Gasteiger partial charge in [0.25, 0.3) is 5.91 Å². The Kier molecular flexibility index (Phi) is 6.14. The molecule has 2 aromatic rings. The van der Waals surface area contributed by atoms with Crippen molar-refractivity contribution in [3.63, 3.8) is 0 Å². The summed E-state index contributed by atoms with van der Waals surface area (Å²) in [5.41, 5.74) is 0.665. The first-order valence-corrected chi connectivity index (χ1v) is 8.34. The fourth-order valence-corrected chi connectivity index (χ4v) is 2.30. The van der Waals surface area contributed by atoms with Crippen molar-refractivity contribution in [1.82, 2.24) is 15.3 Å². The van der Waals surface area contributed by atoms with Crippen LogP contribution in [0.1, 0.15) is 16.2 Å². The predicted octanol–water partition coefficient (Wildman–Crippen LogP) is 2.30. The number of nitrogens with zero attached hydrogens (tertiary/aromatic N) is 3. The first-order chi connectivity index (χ1) is 11.0. The highest BCUT2D eigenvalue weighted by molar-refractivity contribution is 14.1. The quantitative estimate of drug-likeness (QED) is 0.549. The third kappa shape index (κ3) is 5.34. The Morgan fingerprint density at radius 2 is 1.87 bits per heavy atom. The number of aryl methyl sites for hydroxylation is 1. The molecule has 1 amide bonds. The van der Waals surface area contributed by atoms with Crippen LogP contribution in [0.4, 0.5) is 11.6 Å². The Morgan fingerprint density at radius 3 is 2.52 bits per heavy atom. The number of carbonyl (C=O) groups excluding carboxylic acids is 1. The highest BCUT2D eigenvalue weighted by Gasteiger charge is 2.05. The number of halogens is 1. The van der Waals surface area contributed by atoms with Crippen molar-refractivity contribution in [2.75, 3.05) is 37.4 Å². The molecule has 0 fully saturated rings. The van der Waals surface area contributed by atoms with E-state index >= 15 is 0 Å². The van der Waals surface area contributed by atoms with E-state index in [-0.39, 0.29) is 5.91 Å². The number of nitrogens with one attached hydrogen (secondary N) is 2.